The van der Waals surface area contributed by atoms with Crippen LogP contribution in [0.4, 0.5) is 10.8 Å². The number of hydrogen-bond donors (Lipinski definition) is 0. The lowest BCUT2D eigenvalue weighted by Gasteiger charge is -2.16. The molecule has 5 heteroatoms. The molecule has 20 heavy (non-hydrogen) atoms. The zero-order valence-corrected chi connectivity index (χ0v) is 13.4. The van der Waals surface area contributed by atoms with Gasteiger partial charge in [-0.3, -0.25) is 0 Å². The van der Waals surface area contributed by atoms with Crippen molar-refractivity contribution in [3.05, 3.63) is 33.7 Å². The first-order chi connectivity index (χ1) is 9.79. The second kappa shape index (κ2) is 5.04. The Kier molecular flexibility index (Phi) is 3.19. The summed E-state index contributed by atoms with van der Waals surface area (Å²) in [5.74, 6) is 1.81. The van der Waals surface area contributed by atoms with Crippen molar-refractivity contribution in [2.75, 3.05) is 18.1 Å². The molecular weight excluding hydrogens is 336 g/mol. The van der Waals surface area contributed by atoms with Crippen molar-refractivity contribution in [1.29, 1.82) is 0 Å². The average Bonchev–Trinajstić information content (AvgIpc) is 3.04. The minimum atomic E-state index is 0.799. The van der Waals surface area contributed by atoms with Gasteiger partial charge in [0.15, 0.2) is 5.13 Å². The molecule has 104 valence electrons. The summed E-state index contributed by atoms with van der Waals surface area (Å²) in [4.78, 5) is 6.74. The molecule has 3 nitrogen and oxygen atoms in total. The summed E-state index contributed by atoms with van der Waals surface area (Å²) in [5, 5.41) is 1.06. The van der Waals surface area contributed by atoms with Gasteiger partial charge in [-0.15, -0.1) is 0 Å². The minimum absolute atomic E-state index is 0.799. The molecule has 2 aliphatic rings. The number of thiazole rings is 1. The molecule has 0 N–H and O–H groups in total. The normalized spacial score (nSPS) is 17.4. The van der Waals surface area contributed by atoms with Gasteiger partial charge in [0.2, 0.25) is 0 Å². The second-order valence-corrected chi connectivity index (χ2v) is 7.78. The Bertz CT molecular complexity index is 639. The first-order valence-corrected chi connectivity index (χ1v) is 8.55. The van der Waals surface area contributed by atoms with Crippen molar-refractivity contribution in [3.63, 3.8) is 0 Å². The summed E-state index contributed by atoms with van der Waals surface area (Å²) in [6.07, 6.45) is 5.59. The number of nitrogens with zero attached hydrogens (tertiary/aromatic N) is 2. The fourth-order valence-electron chi connectivity index (χ4n) is 2.54. The topological polar surface area (TPSA) is 25.4 Å². The summed E-state index contributed by atoms with van der Waals surface area (Å²) >= 11 is 5.16. The van der Waals surface area contributed by atoms with Crippen LogP contribution in [0.2, 0.25) is 0 Å². The maximum absolute atomic E-state index is 5.86. The molecule has 2 heterocycles. The van der Waals surface area contributed by atoms with Crippen molar-refractivity contribution in [2.45, 2.75) is 19.3 Å². The molecule has 1 saturated carbocycles. The van der Waals surface area contributed by atoms with E-state index in [9.17, 15) is 0 Å². The van der Waals surface area contributed by atoms with Gasteiger partial charge in [-0.25, -0.2) is 4.98 Å². The SMILES string of the molecule is Brc1cnc(N2CCc3cc(OCC4CC4)ccc32)s1. The first-order valence-electron chi connectivity index (χ1n) is 6.94. The molecular formula is C15H15BrN2OS. The van der Waals surface area contributed by atoms with Crippen molar-refractivity contribution in [3.8, 4) is 5.75 Å². The van der Waals surface area contributed by atoms with E-state index in [1.807, 2.05) is 6.20 Å². The van der Waals surface area contributed by atoms with Crippen LogP contribution in [0.5, 0.6) is 5.75 Å². The van der Waals surface area contributed by atoms with Crippen LogP contribution in [-0.4, -0.2) is 18.1 Å². The highest BCUT2D eigenvalue weighted by molar-refractivity contribution is 9.11. The predicted molar refractivity (Wildman–Crippen MR) is 85.2 cm³/mol. The Balaban J connectivity index is 1.55. The van der Waals surface area contributed by atoms with Gasteiger partial charge in [0, 0.05) is 12.2 Å². The second-order valence-electron chi connectivity index (χ2n) is 5.39. The molecule has 1 aromatic carbocycles. The van der Waals surface area contributed by atoms with Gasteiger partial charge in [-0.05, 0) is 64.9 Å². The number of benzene rings is 1. The van der Waals surface area contributed by atoms with Gasteiger partial charge in [-0.2, -0.15) is 0 Å². The van der Waals surface area contributed by atoms with E-state index in [1.54, 1.807) is 11.3 Å². The number of ether oxygens (including phenoxy) is 1. The highest BCUT2D eigenvalue weighted by Gasteiger charge is 2.24. The Hall–Kier alpha value is -1.07. The summed E-state index contributed by atoms with van der Waals surface area (Å²) < 4.78 is 6.94. The number of hydrogen-bond acceptors (Lipinski definition) is 4. The molecule has 0 amide bonds. The van der Waals surface area contributed by atoms with Crippen molar-refractivity contribution < 1.29 is 4.74 Å². The minimum Gasteiger partial charge on any atom is -0.493 e. The maximum atomic E-state index is 5.86. The van der Waals surface area contributed by atoms with E-state index >= 15 is 0 Å². The van der Waals surface area contributed by atoms with Crippen LogP contribution >= 0.6 is 27.3 Å². The number of anilines is 2. The van der Waals surface area contributed by atoms with Crippen LogP contribution in [0.3, 0.4) is 0 Å². The zero-order chi connectivity index (χ0) is 13.5. The average molecular weight is 351 g/mol. The highest BCUT2D eigenvalue weighted by Crippen LogP contribution is 2.39. The van der Waals surface area contributed by atoms with Crippen molar-refractivity contribution in [1.82, 2.24) is 4.98 Å². The smallest absolute Gasteiger partial charge is 0.190 e. The molecule has 0 atom stereocenters. The van der Waals surface area contributed by atoms with E-state index in [0.717, 1.165) is 40.2 Å². The predicted octanol–water partition coefficient (Wildman–Crippen LogP) is 4.39. The third kappa shape index (κ3) is 2.44. The van der Waals surface area contributed by atoms with Crippen LogP contribution < -0.4 is 9.64 Å². The van der Waals surface area contributed by atoms with E-state index in [1.165, 1.54) is 24.1 Å². The van der Waals surface area contributed by atoms with Crippen molar-refractivity contribution in [2.24, 2.45) is 5.92 Å². The largest absolute Gasteiger partial charge is 0.493 e. The summed E-state index contributed by atoms with van der Waals surface area (Å²) in [6.45, 7) is 1.88. The molecule has 0 spiro atoms. The Morgan fingerprint density at radius 1 is 1.40 bits per heavy atom. The molecule has 0 saturated heterocycles. The first kappa shape index (κ1) is 12.7. The van der Waals surface area contributed by atoms with Gasteiger partial charge in [-0.1, -0.05) is 11.3 Å². The van der Waals surface area contributed by atoms with Gasteiger partial charge >= 0.3 is 0 Å². The monoisotopic (exact) mass is 350 g/mol. The van der Waals surface area contributed by atoms with E-state index in [4.69, 9.17) is 4.74 Å². The molecule has 1 aromatic heterocycles. The number of halogens is 1. The van der Waals surface area contributed by atoms with Crippen LogP contribution in [0.1, 0.15) is 18.4 Å². The lowest BCUT2D eigenvalue weighted by atomic mass is 10.1. The van der Waals surface area contributed by atoms with Crippen LogP contribution in [0, 0.1) is 5.92 Å². The molecule has 2 aromatic rings. The molecule has 0 unspecified atom stereocenters. The maximum Gasteiger partial charge on any atom is 0.190 e. The van der Waals surface area contributed by atoms with Crippen LogP contribution in [0.15, 0.2) is 28.2 Å². The number of rotatable bonds is 4. The fraction of sp³-hybridized carbons (Fsp3) is 0.400. The van der Waals surface area contributed by atoms with Crippen molar-refractivity contribution >= 4 is 38.1 Å². The fourth-order valence-corrected chi connectivity index (χ4v) is 3.76. The van der Waals surface area contributed by atoms with E-state index in [0.29, 0.717) is 0 Å². The van der Waals surface area contributed by atoms with E-state index < -0.39 is 0 Å². The van der Waals surface area contributed by atoms with Crippen LogP contribution in [0.25, 0.3) is 0 Å². The molecule has 4 rings (SSSR count). The van der Waals surface area contributed by atoms with Gasteiger partial charge < -0.3 is 9.64 Å². The summed E-state index contributed by atoms with van der Waals surface area (Å²) in [5.41, 5.74) is 2.63. The Labute approximate surface area is 130 Å². The molecule has 1 aliphatic heterocycles. The molecule has 0 bridgehead atoms. The standard InChI is InChI=1S/C15H15BrN2OS/c16-14-8-17-15(20-14)18-6-5-11-7-12(3-4-13(11)18)19-9-10-1-2-10/h3-4,7-8,10H,1-2,5-6,9H2. The van der Waals surface area contributed by atoms with Gasteiger partial charge in [0.1, 0.15) is 5.75 Å². The Morgan fingerprint density at radius 2 is 2.30 bits per heavy atom. The molecule has 1 fully saturated rings. The Morgan fingerprint density at radius 3 is 3.05 bits per heavy atom. The van der Waals surface area contributed by atoms with Crippen LogP contribution in [-0.2, 0) is 6.42 Å². The quantitative estimate of drug-likeness (QED) is 0.817. The van der Waals surface area contributed by atoms with E-state index in [2.05, 4.69) is 44.0 Å². The van der Waals surface area contributed by atoms with E-state index in [-0.39, 0.29) is 0 Å². The molecule has 1 aliphatic carbocycles. The number of aromatic nitrogens is 1. The van der Waals surface area contributed by atoms with Gasteiger partial charge in [0.05, 0.1) is 16.6 Å². The third-order valence-corrected chi connectivity index (χ3v) is 5.32. The summed E-state index contributed by atoms with van der Waals surface area (Å²) in [7, 11) is 0. The summed E-state index contributed by atoms with van der Waals surface area (Å²) in [6, 6.07) is 6.45. The van der Waals surface area contributed by atoms with Gasteiger partial charge in [0.25, 0.3) is 0 Å². The lowest BCUT2D eigenvalue weighted by Crippen LogP contribution is -2.12. The third-order valence-electron chi connectivity index (χ3n) is 3.83. The highest BCUT2D eigenvalue weighted by atomic mass is 79.9. The number of fused-ring (bicyclic) bond motifs is 1. The molecule has 0 radical (unpaired) electrons. The zero-order valence-electron chi connectivity index (χ0n) is 11.0. The lowest BCUT2D eigenvalue weighted by molar-refractivity contribution is 0.299.